The molecule has 1 aromatic rings. The van der Waals surface area contributed by atoms with E-state index in [9.17, 15) is 14.4 Å². The lowest BCUT2D eigenvalue weighted by Crippen LogP contribution is -2.44. The number of hydrogen-bond acceptors (Lipinski definition) is 3. The van der Waals surface area contributed by atoms with Gasteiger partial charge in [-0.1, -0.05) is 6.42 Å². The smallest absolute Gasteiger partial charge is 0.303 e. The molecule has 1 saturated carbocycles. The van der Waals surface area contributed by atoms with Gasteiger partial charge < -0.3 is 15.4 Å². The number of carboxylic acids is 1. The Morgan fingerprint density at radius 1 is 1.45 bits per heavy atom. The fourth-order valence-electron chi connectivity index (χ4n) is 2.53. The van der Waals surface area contributed by atoms with E-state index >= 15 is 0 Å². The first-order chi connectivity index (χ1) is 9.42. The molecule has 108 valence electrons. The summed E-state index contributed by atoms with van der Waals surface area (Å²) in [5.41, 5.74) is 0.0619. The molecule has 6 heteroatoms. The SMILES string of the molecule is Cc1cc(=O)c(C(=O)NCC2(CC(=O)O)CCC2)c[nH]1. The van der Waals surface area contributed by atoms with Crippen molar-refractivity contribution in [3.05, 3.63) is 33.7 Å². The van der Waals surface area contributed by atoms with Crippen LogP contribution in [0, 0.1) is 12.3 Å². The number of H-pyrrole nitrogens is 1. The fourth-order valence-corrected chi connectivity index (χ4v) is 2.53. The molecule has 0 aromatic carbocycles. The van der Waals surface area contributed by atoms with E-state index in [0.29, 0.717) is 12.2 Å². The zero-order valence-electron chi connectivity index (χ0n) is 11.4. The number of aliphatic carboxylic acids is 1. The number of aryl methyl sites for hydroxylation is 1. The number of carbonyl (C=O) groups is 2. The summed E-state index contributed by atoms with van der Waals surface area (Å²) in [5, 5.41) is 11.6. The Labute approximate surface area is 116 Å². The van der Waals surface area contributed by atoms with Gasteiger partial charge in [0, 0.05) is 24.5 Å². The minimum atomic E-state index is -0.855. The van der Waals surface area contributed by atoms with Crippen molar-refractivity contribution in [3.8, 4) is 0 Å². The van der Waals surface area contributed by atoms with Gasteiger partial charge in [-0.05, 0) is 25.2 Å². The van der Waals surface area contributed by atoms with Crippen molar-refractivity contribution in [1.29, 1.82) is 0 Å². The van der Waals surface area contributed by atoms with Crippen LogP contribution in [-0.4, -0.2) is 28.5 Å². The Morgan fingerprint density at radius 3 is 2.65 bits per heavy atom. The topological polar surface area (TPSA) is 99.3 Å². The highest BCUT2D eigenvalue weighted by atomic mass is 16.4. The summed E-state index contributed by atoms with van der Waals surface area (Å²) in [5.74, 6) is -1.31. The van der Waals surface area contributed by atoms with Crippen molar-refractivity contribution in [2.45, 2.75) is 32.6 Å². The number of pyridine rings is 1. The predicted molar refractivity (Wildman–Crippen MR) is 72.7 cm³/mol. The maximum atomic E-state index is 12.0. The molecule has 0 radical (unpaired) electrons. The van der Waals surface area contributed by atoms with Crippen LogP contribution < -0.4 is 10.7 Å². The number of carboxylic acid groups (broad SMARTS) is 1. The number of nitrogens with one attached hydrogen (secondary N) is 2. The van der Waals surface area contributed by atoms with Gasteiger partial charge in [0.05, 0.1) is 6.42 Å². The lowest BCUT2D eigenvalue weighted by Gasteiger charge is -2.40. The molecule has 1 heterocycles. The highest BCUT2D eigenvalue weighted by molar-refractivity contribution is 5.93. The number of aromatic nitrogens is 1. The molecule has 1 amide bonds. The van der Waals surface area contributed by atoms with Crippen LogP contribution in [0.3, 0.4) is 0 Å². The molecule has 0 unspecified atom stereocenters. The predicted octanol–water partition coefficient (Wildman–Crippen LogP) is 1.06. The number of carbonyl (C=O) groups excluding carboxylic acids is 1. The summed E-state index contributed by atoms with van der Waals surface area (Å²) >= 11 is 0. The molecular formula is C14H18N2O4. The van der Waals surface area contributed by atoms with Gasteiger partial charge in [0.2, 0.25) is 0 Å². The molecule has 0 saturated heterocycles. The quantitative estimate of drug-likeness (QED) is 0.749. The number of amides is 1. The maximum absolute atomic E-state index is 12.0. The highest BCUT2D eigenvalue weighted by Crippen LogP contribution is 2.43. The maximum Gasteiger partial charge on any atom is 0.303 e. The van der Waals surface area contributed by atoms with Crippen LogP contribution in [0.1, 0.15) is 41.7 Å². The van der Waals surface area contributed by atoms with E-state index in [1.54, 1.807) is 6.92 Å². The molecule has 1 aliphatic carbocycles. The summed E-state index contributed by atoms with van der Waals surface area (Å²) in [6.07, 6.45) is 4.01. The molecule has 1 aliphatic rings. The van der Waals surface area contributed by atoms with Crippen LogP contribution in [0.25, 0.3) is 0 Å². The van der Waals surface area contributed by atoms with Gasteiger partial charge in [-0.25, -0.2) is 0 Å². The number of rotatable bonds is 5. The third-order valence-corrected chi connectivity index (χ3v) is 3.87. The van der Waals surface area contributed by atoms with Crippen molar-refractivity contribution in [2.24, 2.45) is 5.41 Å². The largest absolute Gasteiger partial charge is 0.481 e. The Kier molecular flexibility index (Phi) is 3.92. The minimum Gasteiger partial charge on any atom is -0.481 e. The van der Waals surface area contributed by atoms with Crippen molar-refractivity contribution < 1.29 is 14.7 Å². The highest BCUT2D eigenvalue weighted by Gasteiger charge is 2.39. The number of hydrogen-bond donors (Lipinski definition) is 3. The van der Waals surface area contributed by atoms with E-state index in [1.807, 2.05) is 0 Å². The molecule has 0 aliphatic heterocycles. The van der Waals surface area contributed by atoms with E-state index in [4.69, 9.17) is 5.11 Å². The Balaban J connectivity index is 2.01. The molecule has 1 aromatic heterocycles. The molecule has 20 heavy (non-hydrogen) atoms. The summed E-state index contributed by atoms with van der Waals surface area (Å²) in [4.78, 5) is 37.3. The molecule has 2 rings (SSSR count). The lowest BCUT2D eigenvalue weighted by molar-refractivity contribution is -0.141. The zero-order valence-corrected chi connectivity index (χ0v) is 11.4. The van der Waals surface area contributed by atoms with Crippen LogP contribution in [0.15, 0.2) is 17.1 Å². The van der Waals surface area contributed by atoms with Gasteiger partial charge in [-0.3, -0.25) is 14.4 Å². The van der Waals surface area contributed by atoms with Gasteiger partial charge in [0.15, 0.2) is 5.43 Å². The third kappa shape index (κ3) is 3.07. The van der Waals surface area contributed by atoms with Gasteiger partial charge in [-0.15, -0.1) is 0 Å². The van der Waals surface area contributed by atoms with Crippen LogP contribution in [0.5, 0.6) is 0 Å². The summed E-state index contributed by atoms with van der Waals surface area (Å²) in [6, 6.07) is 1.37. The first kappa shape index (κ1) is 14.3. The standard InChI is InChI=1S/C14H18N2O4/c1-9-5-11(17)10(7-15-9)13(20)16-8-14(3-2-4-14)6-12(18)19/h5,7H,2-4,6,8H2,1H3,(H,15,17)(H,16,20)(H,18,19). The second-order valence-electron chi connectivity index (χ2n) is 5.50. The van der Waals surface area contributed by atoms with Crippen LogP contribution in [0.2, 0.25) is 0 Å². The zero-order chi connectivity index (χ0) is 14.8. The van der Waals surface area contributed by atoms with Crippen LogP contribution in [-0.2, 0) is 4.79 Å². The molecule has 0 atom stereocenters. The lowest BCUT2D eigenvalue weighted by atomic mass is 9.66. The molecule has 3 N–H and O–H groups in total. The van der Waals surface area contributed by atoms with Crippen molar-refractivity contribution in [1.82, 2.24) is 10.3 Å². The van der Waals surface area contributed by atoms with Crippen molar-refractivity contribution in [2.75, 3.05) is 6.54 Å². The van der Waals surface area contributed by atoms with Crippen molar-refractivity contribution >= 4 is 11.9 Å². The molecule has 1 fully saturated rings. The van der Waals surface area contributed by atoms with Gasteiger partial charge in [-0.2, -0.15) is 0 Å². The summed E-state index contributed by atoms with van der Waals surface area (Å²) < 4.78 is 0. The van der Waals surface area contributed by atoms with E-state index < -0.39 is 11.9 Å². The first-order valence-corrected chi connectivity index (χ1v) is 6.61. The van der Waals surface area contributed by atoms with Crippen LogP contribution >= 0.6 is 0 Å². The Morgan fingerprint density at radius 2 is 2.15 bits per heavy atom. The second-order valence-corrected chi connectivity index (χ2v) is 5.50. The van der Waals surface area contributed by atoms with E-state index in [2.05, 4.69) is 10.3 Å². The monoisotopic (exact) mass is 278 g/mol. The van der Waals surface area contributed by atoms with Crippen molar-refractivity contribution in [3.63, 3.8) is 0 Å². The normalized spacial score (nSPS) is 16.2. The fraction of sp³-hybridized carbons (Fsp3) is 0.500. The Bertz CT molecular complexity index is 587. The average molecular weight is 278 g/mol. The molecular weight excluding hydrogens is 260 g/mol. The van der Waals surface area contributed by atoms with E-state index in [-0.39, 0.29) is 22.8 Å². The molecule has 0 spiro atoms. The first-order valence-electron chi connectivity index (χ1n) is 6.61. The second kappa shape index (κ2) is 5.48. The van der Waals surface area contributed by atoms with Gasteiger partial charge in [0.1, 0.15) is 5.56 Å². The minimum absolute atomic E-state index is 0.0531. The van der Waals surface area contributed by atoms with Crippen LogP contribution in [0.4, 0.5) is 0 Å². The van der Waals surface area contributed by atoms with Gasteiger partial charge >= 0.3 is 5.97 Å². The Hall–Kier alpha value is -2.11. The third-order valence-electron chi connectivity index (χ3n) is 3.87. The molecule has 0 bridgehead atoms. The molecule has 6 nitrogen and oxygen atoms in total. The van der Waals surface area contributed by atoms with Gasteiger partial charge in [0.25, 0.3) is 5.91 Å². The summed E-state index contributed by atoms with van der Waals surface area (Å²) in [6.45, 7) is 2.03. The number of aromatic amines is 1. The summed E-state index contributed by atoms with van der Waals surface area (Å²) in [7, 11) is 0. The van der Waals surface area contributed by atoms with E-state index in [0.717, 1.165) is 19.3 Å². The average Bonchev–Trinajstić information content (AvgIpc) is 2.31. The van der Waals surface area contributed by atoms with E-state index in [1.165, 1.54) is 12.3 Å².